The summed E-state index contributed by atoms with van der Waals surface area (Å²) in [5.74, 6) is -1.14. The Labute approximate surface area is 208 Å². The predicted octanol–water partition coefficient (Wildman–Crippen LogP) is 5.23. The van der Waals surface area contributed by atoms with E-state index in [2.05, 4.69) is 0 Å². The van der Waals surface area contributed by atoms with Crippen molar-refractivity contribution in [1.82, 2.24) is 4.57 Å². The van der Waals surface area contributed by atoms with Gasteiger partial charge in [0.1, 0.15) is 6.54 Å². The summed E-state index contributed by atoms with van der Waals surface area (Å²) in [5, 5.41) is 0.862. The molecule has 7 nitrogen and oxygen atoms in total. The summed E-state index contributed by atoms with van der Waals surface area (Å²) in [6.07, 6.45) is 1.38. The van der Waals surface area contributed by atoms with E-state index < -0.39 is 28.4 Å². The van der Waals surface area contributed by atoms with Crippen molar-refractivity contribution in [1.29, 1.82) is 0 Å². The third-order valence-corrected chi connectivity index (χ3v) is 7.72. The van der Waals surface area contributed by atoms with Crippen molar-refractivity contribution in [2.75, 3.05) is 18.0 Å². The molecule has 0 atom stereocenters. The Morgan fingerprint density at radius 1 is 1.00 bits per heavy atom. The summed E-state index contributed by atoms with van der Waals surface area (Å²) >= 11 is 6.20. The maximum absolute atomic E-state index is 13.7. The molecule has 4 rings (SSSR count). The average molecular weight is 511 g/mol. The van der Waals surface area contributed by atoms with Crippen molar-refractivity contribution in [3.63, 3.8) is 0 Å². The highest BCUT2D eigenvalue weighted by atomic mass is 35.5. The van der Waals surface area contributed by atoms with Gasteiger partial charge in [-0.25, -0.2) is 13.2 Å². The quantitative estimate of drug-likeness (QED) is 0.331. The van der Waals surface area contributed by atoms with Gasteiger partial charge in [0.15, 0.2) is 0 Å². The summed E-state index contributed by atoms with van der Waals surface area (Å²) in [6.45, 7) is 3.08. The van der Waals surface area contributed by atoms with Crippen LogP contribution in [0.25, 0.3) is 10.9 Å². The van der Waals surface area contributed by atoms with Crippen molar-refractivity contribution < 1.29 is 22.7 Å². The molecule has 0 amide bonds. The van der Waals surface area contributed by atoms with E-state index in [1.54, 1.807) is 55.5 Å². The standard InChI is InChI=1S/C26H23ClN2O5S/c1-17-8-12-20(13-9-17)35(32,33)29(24-14-19(27)11-10-18(24)2)16-25(30)28-15-22(26(31)34-3)21-6-4-5-7-23(21)28/h4-15H,16H2,1-3H3. The highest BCUT2D eigenvalue weighted by Gasteiger charge is 2.30. The lowest BCUT2D eigenvalue weighted by molar-refractivity contribution is 0.0603. The second kappa shape index (κ2) is 9.56. The Balaban J connectivity index is 1.84. The second-order valence-corrected chi connectivity index (χ2v) is 10.4. The first-order valence-corrected chi connectivity index (χ1v) is 12.5. The van der Waals surface area contributed by atoms with Gasteiger partial charge in [-0.1, -0.05) is 53.6 Å². The number of aryl methyl sites for hydroxylation is 2. The zero-order valence-electron chi connectivity index (χ0n) is 19.4. The van der Waals surface area contributed by atoms with Crippen LogP contribution < -0.4 is 4.31 Å². The third-order valence-electron chi connectivity index (χ3n) is 5.71. The van der Waals surface area contributed by atoms with E-state index in [1.807, 2.05) is 6.92 Å². The fraction of sp³-hybridized carbons (Fsp3) is 0.154. The van der Waals surface area contributed by atoms with Gasteiger partial charge in [0.2, 0.25) is 0 Å². The van der Waals surface area contributed by atoms with Crippen LogP contribution >= 0.6 is 11.6 Å². The molecule has 1 aromatic heterocycles. The smallest absolute Gasteiger partial charge is 0.340 e. The molecule has 1 heterocycles. The van der Waals surface area contributed by atoms with Crippen LogP contribution in [-0.2, 0) is 14.8 Å². The van der Waals surface area contributed by atoms with Crippen molar-refractivity contribution in [2.45, 2.75) is 18.7 Å². The first-order valence-electron chi connectivity index (χ1n) is 10.7. The monoisotopic (exact) mass is 510 g/mol. The molecule has 35 heavy (non-hydrogen) atoms. The zero-order valence-corrected chi connectivity index (χ0v) is 20.9. The molecule has 0 aliphatic carbocycles. The van der Waals surface area contributed by atoms with Crippen molar-refractivity contribution in [3.05, 3.63) is 94.6 Å². The Hall–Kier alpha value is -3.62. The molecule has 0 saturated carbocycles. The van der Waals surface area contributed by atoms with E-state index in [9.17, 15) is 18.0 Å². The molecule has 0 fully saturated rings. The van der Waals surface area contributed by atoms with Crippen LogP contribution in [0.2, 0.25) is 5.02 Å². The van der Waals surface area contributed by atoms with E-state index in [0.29, 0.717) is 21.5 Å². The van der Waals surface area contributed by atoms with E-state index in [1.165, 1.54) is 36.1 Å². The molecular weight excluding hydrogens is 488 g/mol. The molecule has 0 spiro atoms. The number of hydrogen-bond donors (Lipinski definition) is 0. The molecule has 180 valence electrons. The number of esters is 1. The number of fused-ring (bicyclic) bond motifs is 1. The van der Waals surface area contributed by atoms with Crippen LogP contribution in [0.1, 0.15) is 26.3 Å². The summed E-state index contributed by atoms with van der Waals surface area (Å²) < 4.78 is 34.7. The van der Waals surface area contributed by atoms with Gasteiger partial charge in [0.05, 0.1) is 28.8 Å². The zero-order chi connectivity index (χ0) is 25.3. The van der Waals surface area contributed by atoms with Gasteiger partial charge in [0.25, 0.3) is 15.9 Å². The summed E-state index contributed by atoms with van der Waals surface area (Å²) in [6, 6.07) is 18.1. The topological polar surface area (TPSA) is 85.7 Å². The molecule has 3 aromatic carbocycles. The molecule has 0 radical (unpaired) electrons. The SMILES string of the molecule is COC(=O)c1cn(C(=O)CN(c2cc(Cl)ccc2C)S(=O)(=O)c2ccc(C)cc2)c2ccccc12. The number of halogens is 1. The number of rotatable bonds is 6. The predicted molar refractivity (Wildman–Crippen MR) is 136 cm³/mol. The van der Waals surface area contributed by atoms with Gasteiger partial charge in [-0.15, -0.1) is 0 Å². The molecule has 4 aromatic rings. The first kappa shape index (κ1) is 24.5. The Morgan fingerprint density at radius 2 is 1.69 bits per heavy atom. The number of ether oxygens (including phenoxy) is 1. The van der Waals surface area contributed by atoms with Gasteiger partial charge in [-0.05, 0) is 49.7 Å². The lowest BCUT2D eigenvalue weighted by atomic mass is 10.2. The van der Waals surface area contributed by atoms with Crippen molar-refractivity contribution in [2.24, 2.45) is 0 Å². The number of sulfonamides is 1. The molecule has 0 bridgehead atoms. The van der Waals surface area contributed by atoms with Crippen molar-refractivity contribution >= 4 is 50.1 Å². The number of anilines is 1. The van der Waals surface area contributed by atoms with E-state index in [-0.39, 0.29) is 16.1 Å². The Kier molecular flexibility index (Phi) is 6.69. The molecular formula is C26H23ClN2O5S. The van der Waals surface area contributed by atoms with Crippen LogP contribution in [0, 0.1) is 13.8 Å². The van der Waals surface area contributed by atoms with Crippen LogP contribution in [0.4, 0.5) is 5.69 Å². The summed E-state index contributed by atoms with van der Waals surface area (Å²) in [5.41, 5.74) is 2.50. The number of carbonyl (C=O) groups is 2. The van der Waals surface area contributed by atoms with Gasteiger partial charge in [-0.2, -0.15) is 0 Å². The second-order valence-electron chi connectivity index (χ2n) is 8.07. The highest BCUT2D eigenvalue weighted by Crippen LogP contribution is 2.30. The average Bonchev–Trinajstić information content (AvgIpc) is 3.23. The van der Waals surface area contributed by atoms with Crippen LogP contribution in [0.15, 0.2) is 77.8 Å². The summed E-state index contributed by atoms with van der Waals surface area (Å²) in [7, 11) is -2.87. The fourth-order valence-electron chi connectivity index (χ4n) is 3.85. The minimum Gasteiger partial charge on any atom is -0.465 e. The van der Waals surface area contributed by atoms with Crippen molar-refractivity contribution in [3.8, 4) is 0 Å². The third kappa shape index (κ3) is 4.67. The molecule has 0 N–H and O–H groups in total. The molecule has 0 saturated heterocycles. The largest absolute Gasteiger partial charge is 0.465 e. The molecule has 0 aliphatic rings. The number of hydrogen-bond acceptors (Lipinski definition) is 5. The van der Waals surface area contributed by atoms with E-state index in [0.717, 1.165) is 9.87 Å². The maximum Gasteiger partial charge on any atom is 0.340 e. The normalized spacial score (nSPS) is 11.4. The minimum absolute atomic E-state index is 0.0443. The lowest BCUT2D eigenvalue weighted by Crippen LogP contribution is -2.38. The number of aromatic nitrogens is 1. The number of benzene rings is 3. The minimum atomic E-state index is -4.13. The molecule has 9 heteroatoms. The highest BCUT2D eigenvalue weighted by molar-refractivity contribution is 7.92. The van der Waals surface area contributed by atoms with Crippen LogP contribution in [0.5, 0.6) is 0 Å². The van der Waals surface area contributed by atoms with Crippen LogP contribution in [0.3, 0.4) is 0 Å². The van der Waals surface area contributed by atoms with Gasteiger partial charge >= 0.3 is 5.97 Å². The molecule has 0 unspecified atom stereocenters. The molecule has 0 aliphatic heterocycles. The first-order chi connectivity index (χ1) is 16.6. The fourth-order valence-corrected chi connectivity index (χ4v) is 5.48. The number of para-hydroxylation sites is 1. The van der Waals surface area contributed by atoms with Crippen LogP contribution in [-0.4, -0.2) is 38.5 Å². The van der Waals surface area contributed by atoms with Gasteiger partial charge < -0.3 is 4.74 Å². The van der Waals surface area contributed by atoms with Gasteiger partial charge in [-0.3, -0.25) is 13.7 Å². The van der Waals surface area contributed by atoms with E-state index in [4.69, 9.17) is 16.3 Å². The van der Waals surface area contributed by atoms with E-state index >= 15 is 0 Å². The number of nitrogens with zero attached hydrogens (tertiary/aromatic N) is 2. The Morgan fingerprint density at radius 3 is 2.37 bits per heavy atom. The van der Waals surface area contributed by atoms with Gasteiger partial charge in [0, 0.05) is 16.6 Å². The lowest BCUT2D eigenvalue weighted by Gasteiger charge is -2.26. The number of carbonyl (C=O) groups excluding carboxylic acids is 2. The maximum atomic E-state index is 13.7. The number of methoxy groups -OCH3 is 1. The summed E-state index contributed by atoms with van der Waals surface area (Å²) in [4.78, 5) is 25.9. The Bertz CT molecular complexity index is 1540.